The Kier molecular flexibility index (Phi) is 2.95. The molecule has 0 saturated carbocycles. The Balaban J connectivity index is 0.000000396. The van der Waals surface area contributed by atoms with E-state index >= 15 is 0 Å². The molecule has 2 rings (SSSR count). The lowest BCUT2D eigenvalue weighted by Crippen LogP contribution is -2.01. The Morgan fingerprint density at radius 2 is 1.85 bits per heavy atom. The first kappa shape index (κ1) is 9.64. The molecular weight excluding hydrogens is 164 g/mol. The fourth-order valence-corrected chi connectivity index (χ4v) is 1.10. The Morgan fingerprint density at radius 3 is 2.54 bits per heavy atom. The summed E-state index contributed by atoms with van der Waals surface area (Å²) in [5, 5.41) is 4.05. The first-order valence-corrected chi connectivity index (χ1v) is 4.42. The summed E-state index contributed by atoms with van der Waals surface area (Å²) in [6.07, 6.45) is 1.72. The van der Waals surface area contributed by atoms with Crippen LogP contribution in [0, 0.1) is 13.8 Å². The van der Waals surface area contributed by atoms with Gasteiger partial charge in [0.05, 0.1) is 6.20 Å². The van der Waals surface area contributed by atoms with Crippen LogP contribution in [0.2, 0.25) is 0 Å². The van der Waals surface area contributed by atoms with Gasteiger partial charge in [0.15, 0.2) is 5.65 Å². The van der Waals surface area contributed by atoms with Gasteiger partial charge >= 0.3 is 0 Å². The van der Waals surface area contributed by atoms with Crippen LogP contribution in [0.4, 0.5) is 0 Å². The number of fused-ring (bicyclic) bond motifs is 1. The van der Waals surface area contributed by atoms with Gasteiger partial charge in [-0.25, -0.2) is 14.5 Å². The summed E-state index contributed by atoms with van der Waals surface area (Å²) in [5.41, 5.74) is 0.856. The monoisotopic (exact) mass is 178 g/mol. The van der Waals surface area contributed by atoms with Crippen molar-refractivity contribution >= 4 is 5.65 Å². The molecule has 0 aliphatic carbocycles. The number of hydrogen-bond acceptors (Lipinski definition) is 3. The lowest BCUT2D eigenvalue weighted by atomic mass is 10.6. The van der Waals surface area contributed by atoms with Crippen LogP contribution in [0.15, 0.2) is 12.3 Å². The molecule has 4 nitrogen and oxygen atoms in total. The van der Waals surface area contributed by atoms with E-state index in [2.05, 4.69) is 15.1 Å². The number of aryl methyl sites for hydroxylation is 2. The van der Waals surface area contributed by atoms with Crippen molar-refractivity contribution in [3.05, 3.63) is 23.9 Å². The smallest absolute Gasteiger partial charge is 0.159 e. The van der Waals surface area contributed by atoms with Crippen LogP contribution in [0.25, 0.3) is 5.65 Å². The van der Waals surface area contributed by atoms with E-state index in [4.69, 9.17) is 0 Å². The Morgan fingerprint density at radius 1 is 1.15 bits per heavy atom. The summed E-state index contributed by atoms with van der Waals surface area (Å²) < 4.78 is 1.72. The fraction of sp³-hybridized carbons (Fsp3) is 0.444. The van der Waals surface area contributed by atoms with Gasteiger partial charge in [-0.05, 0) is 13.8 Å². The standard InChI is InChI=1S/C7H8N4.C2H6/c1-5-9-6(2)11-7(10-5)3-4-8-11;1-2/h3-4H,1-2H3;1-2H3. The molecule has 0 aliphatic rings. The fourth-order valence-electron chi connectivity index (χ4n) is 1.10. The third-order valence-corrected chi connectivity index (χ3v) is 1.53. The van der Waals surface area contributed by atoms with Crippen molar-refractivity contribution in [1.82, 2.24) is 19.6 Å². The zero-order valence-electron chi connectivity index (χ0n) is 8.44. The molecule has 2 aromatic rings. The van der Waals surface area contributed by atoms with Crippen LogP contribution in [-0.4, -0.2) is 19.6 Å². The largest absolute Gasteiger partial charge is 0.219 e. The maximum atomic E-state index is 4.19. The number of nitrogens with zero attached hydrogens (tertiary/aromatic N) is 4. The van der Waals surface area contributed by atoms with Crippen molar-refractivity contribution in [1.29, 1.82) is 0 Å². The van der Waals surface area contributed by atoms with Crippen LogP contribution in [0.3, 0.4) is 0 Å². The molecule has 0 spiro atoms. The van der Waals surface area contributed by atoms with E-state index in [0.717, 1.165) is 17.3 Å². The first-order valence-electron chi connectivity index (χ1n) is 4.42. The molecule has 0 fully saturated rings. The molecule has 0 radical (unpaired) electrons. The molecule has 0 aliphatic heterocycles. The highest BCUT2D eigenvalue weighted by Crippen LogP contribution is 2.00. The van der Waals surface area contributed by atoms with Crippen molar-refractivity contribution in [2.75, 3.05) is 0 Å². The molecule has 0 unspecified atom stereocenters. The summed E-state index contributed by atoms with van der Waals surface area (Å²) in [5.74, 6) is 1.66. The number of rotatable bonds is 0. The van der Waals surface area contributed by atoms with Crippen molar-refractivity contribution in [2.24, 2.45) is 0 Å². The third-order valence-electron chi connectivity index (χ3n) is 1.53. The van der Waals surface area contributed by atoms with Crippen molar-refractivity contribution in [2.45, 2.75) is 27.7 Å². The molecule has 2 heterocycles. The molecule has 0 atom stereocenters. The normalized spacial score (nSPS) is 9.54. The van der Waals surface area contributed by atoms with Gasteiger partial charge in [-0.2, -0.15) is 5.10 Å². The summed E-state index contributed by atoms with van der Waals surface area (Å²) in [6.45, 7) is 7.79. The maximum absolute atomic E-state index is 4.19. The van der Waals surface area contributed by atoms with Gasteiger partial charge in [-0.3, -0.25) is 0 Å². The lowest BCUT2D eigenvalue weighted by Gasteiger charge is -1.97. The zero-order chi connectivity index (χ0) is 9.84. The molecule has 0 aromatic carbocycles. The van der Waals surface area contributed by atoms with E-state index in [0.29, 0.717) is 0 Å². The molecule has 4 heteroatoms. The van der Waals surface area contributed by atoms with Crippen LogP contribution < -0.4 is 0 Å². The minimum absolute atomic E-state index is 0.788. The number of aromatic nitrogens is 4. The Hall–Kier alpha value is -1.45. The van der Waals surface area contributed by atoms with Gasteiger partial charge in [0.1, 0.15) is 11.6 Å². The Bertz CT molecular complexity index is 391. The lowest BCUT2D eigenvalue weighted by molar-refractivity contribution is 0.818. The molecule has 13 heavy (non-hydrogen) atoms. The van der Waals surface area contributed by atoms with Gasteiger partial charge in [0.25, 0.3) is 0 Å². The predicted octanol–water partition coefficient (Wildman–Crippen LogP) is 1.77. The van der Waals surface area contributed by atoms with Crippen molar-refractivity contribution < 1.29 is 0 Å². The molecule has 0 saturated heterocycles. The summed E-state index contributed by atoms with van der Waals surface area (Å²) in [4.78, 5) is 8.35. The molecule has 70 valence electrons. The van der Waals surface area contributed by atoms with Crippen LogP contribution in [-0.2, 0) is 0 Å². The minimum Gasteiger partial charge on any atom is -0.219 e. The quantitative estimate of drug-likeness (QED) is 0.617. The first-order chi connectivity index (χ1) is 6.27. The second-order valence-corrected chi connectivity index (χ2v) is 2.42. The number of hydrogen-bond donors (Lipinski definition) is 0. The molecule has 0 N–H and O–H groups in total. The highest BCUT2D eigenvalue weighted by atomic mass is 15.3. The molecule has 2 aromatic heterocycles. The highest BCUT2D eigenvalue weighted by molar-refractivity contribution is 5.35. The molecular formula is C9H14N4. The van der Waals surface area contributed by atoms with Gasteiger partial charge < -0.3 is 0 Å². The second-order valence-electron chi connectivity index (χ2n) is 2.42. The van der Waals surface area contributed by atoms with Gasteiger partial charge in [-0.15, -0.1) is 0 Å². The Labute approximate surface area is 77.6 Å². The van der Waals surface area contributed by atoms with Crippen molar-refractivity contribution in [3.8, 4) is 0 Å². The maximum Gasteiger partial charge on any atom is 0.159 e. The summed E-state index contributed by atoms with van der Waals surface area (Å²) >= 11 is 0. The second kappa shape index (κ2) is 3.98. The van der Waals surface area contributed by atoms with E-state index in [1.165, 1.54) is 0 Å². The minimum atomic E-state index is 0.788. The van der Waals surface area contributed by atoms with E-state index in [1.54, 1.807) is 10.7 Å². The third kappa shape index (κ3) is 1.83. The average Bonchev–Trinajstić information content (AvgIpc) is 2.55. The van der Waals surface area contributed by atoms with Gasteiger partial charge in [0.2, 0.25) is 0 Å². The molecule has 0 amide bonds. The summed E-state index contributed by atoms with van der Waals surface area (Å²) in [6, 6.07) is 1.86. The van der Waals surface area contributed by atoms with E-state index in [1.807, 2.05) is 33.8 Å². The molecule has 0 bridgehead atoms. The van der Waals surface area contributed by atoms with E-state index in [-0.39, 0.29) is 0 Å². The SMILES string of the molecule is CC.Cc1nc(C)n2nccc2n1. The van der Waals surface area contributed by atoms with Crippen LogP contribution >= 0.6 is 0 Å². The van der Waals surface area contributed by atoms with Gasteiger partial charge in [-0.1, -0.05) is 13.8 Å². The van der Waals surface area contributed by atoms with Gasteiger partial charge in [0, 0.05) is 6.07 Å². The van der Waals surface area contributed by atoms with E-state index in [9.17, 15) is 0 Å². The summed E-state index contributed by atoms with van der Waals surface area (Å²) in [7, 11) is 0. The van der Waals surface area contributed by atoms with Crippen LogP contribution in [0.5, 0.6) is 0 Å². The zero-order valence-corrected chi connectivity index (χ0v) is 8.44. The van der Waals surface area contributed by atoms with Crippen molar-refractivity contribution in [3.63, 3.8) is 0 Å². The topological polar surface area (TPSA) is 43.1 Å². The van der Waals surface area contributed by atoms with E-state index < -0.39 is 0 Å². The average molecular weight is 178 g/mol. The predicted molar refractivity (Wildman–Crippen MR) is 51.6 cm³/mol. The highest BCUT2D eigenvalue weighted by Gasteiger charge is 1.99. The van der Waals surface area contributed by atoms with Crippen LogP contribution in [0.1, 0.15) is 25.5 Å².